The quantitative estimate of drug-likeness (QED) is 0.662. The third-order valence-electron chi connectivity index (χ3n) is 2.92. The molecule has 0 amide bonds. The van der Waals surface area contributed by atoms with Crippen molar-refractivity contribution in [1.82, 2.24) is 4.98 Å². The van der Waals surface area contributed by atoms with E-state index in [1.807, 2.05) is 13.8 Å². The zero-order valence-electron chi connectivity index (χ0n) is 12.8. The molecule has 1 N–H and O–H groups in total. The molecule has 0 spiro atoms. The monoisotopic (exact) mass is 275 g/mol. The average molecular weight is 275 g/mol. The Kier molecular flexibility index (Phi) is 4.97. The van der Waals surface area contributed by atoms with Gasteiger partial charge in [0.05, 0.1) is 5.92 Å². The average Bonchev–Trinajstić information content (AvgIpc) is 2.94. The molecule has 1 saturated carbocycles. The Labute approximate surface area is 122 Å². The van der Waals surface area contributed by atoms with E-state index in [4.69, 9.17) is 12.6 Å². The van der Waals surface area contributed by atoms with Crippen LogP contribution in [0.3, 0.4) is 0 Å². The second-order valence-electron chi connectivity index (χ2n) is 5.66. The summed E-state index contributed by atoms with van der Waals surface area (Å²) in [5.74, 6) is -1.64. The van der Waals surface area contributed by atoms with Gasteiger partial charge in [0.15, 0.2) is 0 Å². The van der Waals surface area contributed by atoms with Gasteiger partial charge in [-0.25, -0.2) is 0 Å². The van der Waals surface area contributed by atoms with Crippen LogP contribution in [0.4, 0.5) is 0 Å². The van der Waals surface area contributed by atoms with E-state index < -0.39 is 28.9 Å². The molecule has 3 atom stereocenters. The van der Waals surface area contributed by atoms with Gasteiger partial charge in [-0.1, -0.05) is 19.9 Å². The van der Waals surface area contributed by atoms with Crippen molar-refractivity contribution in [1.29, 1.82) is 0 Å². The molecule has 20 heavy (non-hydrogen) atoms. The lowest BCUT2D eigenvalue weighted by Gasteiger charge is -2.19. The maximum Gasteiger partial charge on any atom is 0.312 e. The summed E-state index contributed by atoms with van der Waals surface area (Å²) in [7, 11) is 5.73. The molecule has 1 heterocycles. The zero-order chi connectivity index (χ0) is 15.6. The highest BCUT2D eigenvalue weighted by molar-refractivity contribution is 6.20. The molecule has 1 aromatic rings. The van der Waals surface area contributed by atoms with E-state index in [2.05, 4.69) is 4.98 Å². The van der Waals surface area contributed by atoms with Crippen LogP contribution in [0.2, 0.25) is 0 Å². The first kappa shape index (κ1) is 16.7. The normalized spacial score (nSPS) is 28.1. The first-order chi connectivity index (χ1) is 9.23. The van der Waals surface area contributed by atoms with E-state index in [1.54, 1.807) is 45.3 Å². The molecular weight excluding hydrogens is 253 g/mol. The number of ether oxygens (including phenoxy) is 1. The van der Waals surface area contributed by atoms with Gasteiger partial charge in [-0.3, -0.25) is 9.78 Å². The van der Waals surface area contributed by atoms with Crippen molar-refractivity contribution < 1.29 is 14.6 Å². The largest absolute Gasteiger partial charge is 0.460 e. The van der Waals surface area contributed by atoms with E-state index in [0.29, 0.717) is 0 Å². The van der Waals surface area contributed by atoms with Crippen LogP contribution in [0.1, 0.15) is 46.1 Å². The van der Waals surface area contributed by atoms with E-state index >= 15 is 0 Å². The summed E-state index contributed by atoms with van der Waals surface area (Å²) >= 11 is 0. The second kappa shape index (κ2) is 5.96. The number of pyridine rings is 1. The van der Waals surface area contributed by atoms with Gasteiger partial charge in [-0.2, -0.15) is 0 Å². The summed E-state index contributed by atoms with van der Waals surface area (Å²) in [5, 5.41) is 10.0. The first-order valence-corrected chi connectivity index (χ1v) is 6.87. The minimum atomic E-state index is -1.54. The smallest absolute Gasteiger partial charge is 0.312 e. The van der Waals surface area contributed by atoms with Crippen LogP contribution in [0.15, 0.2) is 24.5 Å². The minimum absolute atomic E-state index is 0.443. The third kappa shape index (κ3) is 3.60. The van der Waals surface area contributed by atoms with Gasteiger partial charge in [0.2, 0.25) is 0 Å². The van der Waals surface area contributed by atoms with Gasteiger partial charge in [-0.05, 0) is 32.4 Å². The fourth-order valence-corrected chi connectivity index (χ4v) is 2.10. The maximum atomic E-state index is 11.9. The molecule has 0 aromatic carbocycles. The summed E-state index contributed by atoms with van der Waals surface area (Å²) < 4.78 is 5.25. The van der Waals surface area contributed by atoms with Crippen molar-refractivity contribution in [2.45, 2.75) is 51.6 Å². The van der Waals surface area contributed by atoms with Gasteiger partial charge in [0, 0.05) is 23.8 Å². The van der Waals surface area contributed by atoms with Crippen LogP contribution >= 0.6 is 0 Å². The Morgan fingerprint density at radius 1 is 1.45 bits per heavy atom. The highest BCUT2D eigenvalue weighted by Crippen LogP contribution is 2.56. The van der Waals surface area contributed by atoms with Crippen molar-refractivity contribution >= 4 is 13.8 Å². The molecule has 1 aromatic heterocycles. The first-order valence-electron chi connectivity index (χ1n) is 6.87. The predicted molar refractivity (Wildman–Crippen MR) is 78.4 cm³/mol. The number of rotatable bonds is 2. The Balaban J connectivity index is 0.000000956. The topological polar surface area (TPSA) is 59.4 Å². The summed E-state index contributed by atoms with van der Waals surface area (Å²) in [4.78, 5) is 15.9. The number of hydrogen-bond acceptors (Lipinski definition) is 4. The number of aromatic nitrogens is 1. The molecule has 0 saturated heterocycles. The Hall–Kier alpha value is -1.36. The lowest BCUT2D eigenvalue weighted by molar-refractivity contribution is -0.157. The van der Waals surface area contributed by atoms with E-state index in [1.165, 1.54) is 0 Å². The van der Waals surface area contributed by atoms with Crippen LogP contribution in [-0.4, -0.2) is 35.0 Å². The molecule has 4 nitrogen and oxygen atoms in total. The summed E-state index contributed by atoms with van der Waals surface area (Å²) in [6, 6.07) is 3.54. The highest BCUT2D eigenvalue weighted by atomic mass is 16.6. The van der Waals surface area contributed by atoms with Crippen molar-refractivity contribution in [3.8, 4) is 0 Å². The van der Waals surface area contributed by atoms with Crippen LogP contribution in [0.5, 0.6) is 0 Å². The number of aliphatic hydroxyl groups is 1. The van der Waals surface area contributed by atoms with Crippen LogP contribution in [0.25, 0.3) is 0 Å². The van der Waals surface area contributed by atoms with Crippen molar-refractivity contribution in [2.75, 3.05) is 0 Å². The lowest BCUT2D eigenvalue weighted by atomic mass is 9.91. The Bertz CT molecular complexity index is 454. The van der Waals surface area contributed by atoms with Gasteiger partial charge in [-0.15, -0.1) is 0 Å². The number of hydrogen-bond donors (Lipinski definition) is 1. The molecule has 3 unspecified atom stereocenters. The fraction of sp³-hybridized carbons (Fsp3) is 0.600. The molecule has 2 rings (SSSR count). The molecule has 108 valence electrons. The van der Waals surface area contributed by atoms with Gasteiger partial charge in [0.1, 0.15) is 13.4 Å². The molecule has 5 heteroatoms. The summed E-state index contributed by atoms with van der Waals surface area (Å²) in [6.07, 6.45) is 3.23. The lowest BCUT2D eigenvalue weighted by Crippen LogP contribution is -2.27. The number of nitrogens with zero attached hydrogens (tertiary/aromatic N) is 1. The highest BCUT2D eigenvalue weighted by Gasteiger charge is 2.65. The molecule has 1 aliphatic rings. The molecule has 0 bridgehead atoms. The van der Waals surface area contributed by atoms with Crippen LogP contribution < -0.4 is 0 Å². The second-order valence-corrected chi connectivity index (χ2v) is 5.66. The van der Waals surface area contributed by atoms with Crippen molar-refractivity contribution in [3.05, 3.63) is 30.1 Å². The van der Waals surface area contributed by atoms with Crippen LogP contribution in [0, 0.1) is 5.92 Å². The molecule has 1 aliphatic carbocycles. The summed E-state index contributed by atoms with van der Waals surface area (Å²) in [5.41, 5.74) is -1.38. The van der Waals surface area contributed by atoms with Crippen molar-refractivity contribution in [2.24, 2.45) is 5.92 Å². The van der Waals surface area contributed by atoms with Gasteiger partial charge in [0.25, 0.3) is 0 Å². The standard InChI is InChI=1S/C13H16BNO3.C2H6/c1-12(2,3)18-11(16)10-9(13(10,14)17)8-5-4-6-15-7-8;1-2/h4-7,9-10,17H,1-3H3;1-2H3. The summed E-state index contributed by atoms with van der Waals surface area (Å²) in [6.45, 7) is 9.34. The van der Waals surface area contributed by atoms with E-state index in [-0.39, 0.29) is 0 Å². The van der Waals surface area contributed by atoms with Crippen LogP contribution in [-0.2, 0) is 9.53 Å². The number of esters is 1. The molecule has 2 radical (unpaired) electrons. The number of carbonyl (C=O) groups excluding carboxylic acids is 1. The Morgan fingerprint density at radius 3 is 2.50 bits per heavy atom. The molecule has 1 fully saturated rings. The SMILES string of the molecule is CC.[B]C1(O)C(C(=O)OC(C)(C)C)C1c1cccnc1. The molecule has 0 aliphatic heterocycles. The van der Waals surface area contributed by atoms with Gasteiger partial charge < -0.3 is 9.84 Å². The fourth-order valence-electron chi connectivity index (χ4n) is 2.10. The Morgan fingerprint density at radius 2 is 2.05 bits per heavy atom. The predicted octanol–water partition coefficient (Wildman–Crippen LogP) is 2.02. The third-order valence-corrected chi connectivity index (χ3v) is 2.92. The van der Waals surface area contributed by atoms with E-state index in [0.717, 1.165) is 5.56 Å². The zero-order valence-corrected chi connectivity index (χ0v) is 12.8. The van der Waals surface area contributed by atoms with Crippen molar-refractivity contribution in [3.63, 3.8) is 0 Å². The van der Waals surface area contributed by atoms with Gasteiger partial charge >= 0.3 is 5.97 Å². The number of carbonyl (C=O) groups is 1. The minimum Gasteiger partial charge on any atom is -0.460 e. The maximum absolute atomic E-state index is 11.9. The van der Waals surface area contributed by atoms with E-state index in [9.17, 15) is 9.90 Å². The molecular formula is C15H22BNO3.